The molecule has 264 valence electrons. The highest BCUT2D eigenvalue weighted by molar-refractivity contribution is 6.11. The van der Waals surface area contributed by atoms with Crippen molar-refractivity contribution in [3.05, 3.63) is 218 Å². The van der Waals surface area contributed by atoms with E-state index in [9.17, 15) is 0 Å². The van der Waals surface area contributed by atoms with Crippen molar-refractivity contribution in [3.8, 4) is 39.1 Å². The van der Waals surface area contributed by atoms with Gasteiger partial charge in [0.25, 0.3) is 0 Å². The van der Waals surface area contributed by atoms with E-state index in [2.05, 4.69) is 217 Å². The first-order valence-corrected chi connectivity index (χ1v) is 19.4. The second-order valence-electron chi connectivity index (χ2n) is 14.8. The Kier molecular flexibility index (Phi) is 7.67. The number of hydrogen-bond donors (Lipinski definition) is 0. The summed E-state index contributed by atoms with van der Waals surface area (Å²) in [5.74, 6) is 1.18. The Balaban J connectivity index is 1.08. The van der Waals surface area contributed by atoms with Crippen LogP contribution < -0.4 is 9.64 Å². The van der Waals surface area contributed by atoms with Gasteiger partial charge in [0.2, 0.25) is 0 Å². The zero-order valence-corrected chi connectivity index (χ0v) is 30.7. The lowest BCUT2D eigenvalue weighted by atomic mass is 9.91. The fourth-order valence-corrected chi connectivity index (χ4v) is 9.00. The van der Waals surface area contributed by atoms with Crippen LogP contribution in [0.5, 0.6) is 5.75 Å². The first-order valence-electron chi connectivity index (χ1n) is 19.4. The summed E-state index contributed by atoms with van der Waals surface area (Å²) in [4.78, 5) is 2.40. The van der Waals surface area contributed by atoms with Crippen LogP contribution in [0.25, 0.3) is 65.7 Å². The maximum atomic E-state index is 6.58. The zero-order chi connectivity index (χ0) is 37.0. The molecule has 0 bridgehead atoms. The molecule has 2 aliphatic rings. The lowest BCUT2D eigenvalue weighted by Crippen LogP contribution is -2.15. The van der Waals surface area contributed by atoms with Crippen LogP contribution in [0.2, 0.25) is 0 Å². The molecule has 2 heteroatoms. The van der Waals surface area contributed by atoms with Gasteiger partial charge in [0.15, 0.2) is 0 Å². The molecule has 56 heavy (non-hydrogen) atoms. The van der Waals surface area contributed by atoms with Crippen molar-refractivity contribution in [1.29, 1.82) is 0 Å². The lowest BCUT2D eigenvalue weighted by molar-refractivity contribution is 0.269. The topological polar surface area (TPSA) is 12.5 Å². The van der Waals surface area contributed by atoms with Crippen LogP contribution in [0, 0.1) is 0 Å². The van der Waals surface area contributed by atoms with Crippen molar-refractivity contribution in [1.82, 2.24) is 0 Å². The van der Waals surface area contributed by atoms with Gasteiger partial charge in [-0.25, -0.2) is 0 Å². The van der Waals surface area contributed by atoms with Gasteiger partial charge in [-0.05, 0) is 90.7 Å². The highest BCUT2D eigenvalue weighted by Gasteiger charge is 2.33. The van der Waals surface area contributed by atoms with E-state index in [0.717, 1.165) is 22.8 Å². The number of nitrogens with zero attached hydrogens (tertiary/aromatic N) is 1. The molecule has 0 fully saturated rings. The largest absolute Gasteiger partial charge is 0.485 e. The predicted octanol–water partition coefficient (Wildman–Crippen LogP) is 14.6. The van der Waals surface area contributed by atoms with E-state index in [1.807, 2.05) is 0 Å². The van der Waals surface area contributed by atoms with Crippen LogP contribution in [0.4, 0.5) is 17.1 Å². The van der Waals surface area contributed by atoms with Crippen LogP contribution in [0.1, 0.15) is 11.5 Å². The molecule has 9 aromatic carbocycles. The SMILES string of the molecule is C1=CC2Oc3cc(N(c4ccc(-c5cccc6cccc(-c7ccccc7)c56)cc4)c4ccc(-c5cccc6ccccc56)c5ccccc45)ccc3C2C=C1. The van der Waals surface area contributed by atoms with Crippen molar-refractivity contribution in [2.75, 3.05) is 4.90 Å². The molecule has 2 unspecified atom stereocenters. The average molecular weight is 716 g/mol. The smallest absolute Gasteiger partial charge is 0.128 e. The molecular formula is C54H37NO. The van der Waals surface area contributed by atoms with Crippen LogP contribution in [-0.2, 0) is 0 Å². The van der Waals surface area contributed by atoms with Gasteiger partial charge in [0.05, 0.1) is 5.69 Å². The molecule has 0 saturated heterocycles. The second-order valence-corrected chi connectivity index (χ2v) is 14.8. The summed E-state index contributed by atoms with van der Waals surface area (Å²) < 4.78 is 6.58. The minimum absolute atomic E-state index is 0.0280. The van der Waals surface area contributed by atoms with Gasteiger partial charge in [-0.3, -0.25) is 0 Å². The Labute approximate surface area is 326 Å². The third-order valence-corrected chi connectivity index (χ3v) is 11.6. The molecule has 2 nitrogen and oxygen atoms in total. The van der Waals surface area contributed by atoms with E-state index in [1.165, 1.54) is 71.3 Å². The third kappa shape index (κ3) is 5.33. The highest BCUT2D eigenvalue weighted by Crippen LogP contribution is 2.48. The second kappa shape index (κ2) is 13.3. The molecule has 1 aliphatic carbocycles. The molecule has 0 N–H and O–H groups in total. The summed E-state index contributed by atoms with van der Waals surface area (Å²) >= 11 is 0. The van der Waals surface area contributed by atoms with Gasteiger partial charge in [0.1, 0.15) is 11.9 Å². The summed E-state index contributed by atoms with van der Waals surface area (Å²) in [6.07, 6.45) is 8.66. The first-order chi connectivity index (χ1) is 27.8. The van der Waals surface area contributed by atoms with E-state index in [4.69, 9.17) is 4.74 Å². The highest BCUT2D eigenvalue weighted by atomic mass is 16.5. The van der Waals surface area contributed by atoms with E-state index >= 15 is 0 Å². The molecule has 2 atom stereocenters. The number of fused-ring (bicyclic) bond motifs is 6. The van der Waals surface area contributed by atoms with Crippen molar-refractivity contribution in [3.63, 3.8) is 0 Å². The molecule has 0 aromatic heterocycles. The van der Waals surface area contributed by atoms with Crippen LogP contribution in [-0.4, -0.2) is 6.10 Å². The van der Waals surface area contributed by atoms with E-state index in [1.54, 1.807) is 0 Å². The van der Waals surface area contributed by atoms with Gasteiger partial charge in [-0.1, -0.05) is 176 Å². The van der Waals surface area contributed by atoms with Crippen LogP contribution >= 0.6 is 0 Å². The number of benzene rings is 9. The number of anilines is 3. The Hall–Kier alpha value is -7.16. The van der Waals surface area contributed by atoms with Crippen molar-refractivity contribution < 1.29 is 4.74 Å². The third-order valence-electron chi connectivity index (χ3n) is 11.6. The van der Waals surface area contributed by atoms with Gasteiger partial charge in [-0.15, -0.1) is 0 Å². The Morgan fingerprint density at radius 2 is 1.02 bits per heavy atom. The minimum atomic E-state index is 0.0280. The maximum absolute atomic E-state index is 6.58. The van der Waals surface area contributed by atoms with E-state index < -0.39 is 0 Å². The van der Waals surface area contributed by atoms with Crippen molar-refractivity contribution in [2.24, 2.45) is 0 Å². The molecule has 11 rings (SSSR count). The molecule has 0 radical (unpaired) electrons. The minimum Gasteiger partial charge on any atom is -0.485 e. The predicted molar refractivity (Wildman–Crippen MR) is 235 cm³/mol. The fraction of sp³-hybridized carbons (Fsp3) is 0.0370. The number of allylic oxidation sites excluding steroid dienone is 2. The molecule has 0 spiro atoms. The van der Waals surface area contributed by atoms with Gasteiger partial charge >= 0.3 is 0 Å². The monoisotopic (exact) mass is 715 g/mol. The van der Waals surface area contributed by atoms with E-state index in [0.29, 0.717) is 0 Å². The quantitative estimate of drug-likeness (QED) is 0.170. The van der Waals surface area contributed by atoms with Gasteiger partial charge in [-0.2, -0.15) is 0 Å². The van der Waals surface area contributed by atoms with Crippen molar-refractivity contribution in [2.45, 2.75) is 12.0 Å². The molecule has 0 saturated carbocycles. The molecule has 1 heterocycles. The van der Waals surface area contributed by atoms with Crippen molar-refractivity contribution >= 4 is 49.4 Å². The normalized spacial score (nSPS) is 15.5. The fourth-order valence-electron chi connectivity index (χ4n) is 9.00. The Morgan fingerprint density at radius 3 is 1.82 bits per heavy atom. The van der Waals surface area contributed by atoms with Gasteiger partial charge in [0, 0.05) is 34.3 Å². The Morgan fingerprint density at radius 1 is 0.411 bits per heavy atom. The summed E-state index contributed by atoms with van der Waals surface area (Å²) in [7, 11) is 0. The molecule has 9 aromatic rings. The summed E-state index contributed by atoms with van der Waals surface area (Å²) in [6, 6.07) is 68.5. The number of rotatable bonds is 6. The Bertz CT molecular complexity index is 3000. The van der Waals surface area contributed by atoms with Crippen LogP contribution in [0.3, 0.4) is 0 Å². The van der Waals surface area contributed by atoms with Crippen LogP contribution in [0.15, 0.2) is 212 Å². The summed E-state index contributed by atoms with van der Waals surface area (Å²) in [5, 5.41) is 7.39. The maximum Gasteiger partial charge on any atom is 0.128 e. The van der Waals surface area contributed by atoms with Gasteiger partial charge < -0.3 is 9.64 Å². The first kappa shape index (κ1) is 32.3. The molecule has 1 aliphatic heterocycles. The summed E-state index contributed by atoms with van der Waals surface area (Å²) in [5.41, 5.74) is 11.8. The average Bonchev–Trinajstić information content (AvgIpc) is 3.64. The summed E-state index contributed by atoms with van der Waals surface area (Å²) in [6.45, 7) is 0. The zero-order valence-electron chi connectivity index (χ0n) is 30.7. The lowest BCUT2D eigenvalue weighted by Gasteiger charge is -2.28. The number of hydrogen-bond acceptors (Lipinski definition) is 2. The molecule has 0 amide bonds. The number of ether oxygens (including phenoxy) is 1. The van der Waals surface area contributed by atoms with E-state index in [-0.39, 0.29) is 12.0 Å². The molecular weight excluding hydrogens is 679 g/mol. The standard InChI is InChI=1S/C54H37NO/c1-2-13-37(14-3-1)43-23-11-17-39-18-12-24-44(54(39)43)38-27-29-40(30-28-38)55(41-31-32-50-49-22-8-9-26-52(49)56-53(50)35-41)51-34-33-47(46-20-6-7-21-48(46)51)45-25-10-16-36-15-4-5-19-42(36)45/h1-35,49,52H.